The molecule has 6 heterocycles. The maximum Gasteiger partial charge on any atom is 0.316 e. The van der Waals surface area contributed by atoms with Gasteiger partial charge < -0.3 is 62.3 Å². The van der Waals surface area contributed by atoms with Crippen molar-refractivity contribution in [2.45, 2.75) is 204 Å². The van der Waals surface area contributed by atoms with E-state index < -0.39 is 108 Å². The van der Waals surface area contributed by atoms with E-state index in [2.05, 4.69) is 39.8 Å². The number of allylic oxidation sites excluding steroid dienone is 2. The molecule has 0 unspecified atom stereocenters. The average Bonchev–Trinajstić information content (AvgIpc) is 3.61. The predicted molar refractivity (Wildman–Crippen MR) is 241 cm³/mol. The Balaban J connectivity index is 1.17. The maximum absolute atomic E-state index is 14.4. The van der Waals surface area contributed by atoms with Gasteiger partial charge in [0.15, 0.2) is 24.5 Å². The lowest BCUT2D eigenvalue weighted by molar-refractivity contribution is -0.329. The normalized spacial score (nSPS) is 47.9. The molecule has 1 spiro atoms. The first kappa shape index (κ1) is 51.1. The molecule has 0 aromatic heterocycles. The molecule has 20 atom stereocenters. The van der Waals surface area contributed by atoms with Gasteiger partial charge in [0.2, 0.25) is 0 Å². The highest BCUT2D eigenvalue weighted by Crippen LogP contribution is 2.47. The van der Waals surface area contributed by atoms with Gasteiger partial charge in [-0.05, 0) is 69.8 Å². The van der Waals surface area contributed by atoms with Crippen LogP contribution >= 0.6 is 0 Å². The molecular formula is C51H76O15. The van der Waals surface area contributed by atoms with Gasteiger partial charge in [0, 0.05) is 58.7 Å². The molecule has 4 fully saturated rings. The summed E-state index contributed by atoms with van der Waals surface area (Å²) in [5.41, 5.74) is -0.753. The largest absolute Gasteiger partial charge is 0.462 e. The number of hydrogen-bond acceptors (Lipinski definition) is 15. The lowest BCUT2D eigenvalue weighted by atomic mass is 9.71. The van der Waals surface area contributed by atoms with Crippen LogP contribution in [0, 0.1) is 23.7 Å². The van der Waals surface area contributed by atoms with Gasteiger partial charge in [-0.25, -0.2) is 0 Å². The van der Waals surface area contributed by atoms with E-state index in [1.54, 1.807) is 33.3 Å². The molecule has 4 saturated heterocycles. The third-order valence-electron chi connectivity index (χ3n) is 15.3. The van der Waals surface area contributed by atoms with Crippen LogP contribution in [0.1, 0.15) is 108 Å². The summed E-state index contributed by atoms with van der Waals surface area (Å²) in [7, 11) is 3.23. The highest BCUT2D eigenvalue weighted by atomic mass is 16.7. The number of aliphatic hydroxyl groups excluding tert-OH is 1. The minimum Gasteiger partial charge on any atom is -0.462 e. The summed E-state index contributed by atoms with van der Waals surface area (Å²) < 4.78 is 70.2. The van der Waals surface area contributed by atoms with Gasteiger partial charge >= 0.3 is 11.9 Å². The van der Waals surface area contributed by atoms with Crippen molar-refractivity contribution in [2.24, 2.45) is 23.7 Å². The van der Waals surface area contributed by atoms with Crippen molar-refractivity contribution in [1.82, 2.24) is 0 Å². The zero-order valence-corrected chi connectivity index (χ0v) is 41.0. The second-order valence-corrected chi connectivity index (χ2v) is 20.2. The van der Waals surface area contributed by atoms with Crippen molar-refractivity contribution < 1.29 is 71.9 Å². The Labute approximate surface area is 391 Å². The first-order valence-corrected chi connectivity index (χ1v) is 24.1. The smallest absolute Gasteiger partial charge is 0.316 e. The number of hydrogen-bond donors (Lipinski definition) is 2. The van der Waals surface area contributed by atoms with Gasteiger partial charge in [0.1, 0.15) is 41.5 Å². The fourth-order valence-corrected chi connectivity index (χ4v) is 11.2. The van der Waals surface area contributed by atoms with Crippen LogP contribution in [0.4, 0.5) is 0 Å². The van der Waals surface area contributed by atoms with E-state index in [-0.39, 0.29) is 36.9 Å². The van der Waals surface area contributed by atoms with Crippen LogP contribution in [0.3, 0.4) is 0 Å². The fraction of sp³-hybridized carbons (Fsp3) is 0.765. The summed E-state index contributed by atoms with van der Waals surface area (Å²) in [6.07, 6.45) is 8.64. The highest BCUT2D eigenvalue weighted by Gasteiger charge is 2.60. The van der Waals surface area contributed by atoms with Crippen molar-refractivity contribution >= 4 is 11.9 Å². The standard InChI is InChI=1S/C51H76O15/c1-13-27(2)44-30(5)19-20-50(66-44)24-37-22-36(65-50)18-17-29(4)43(28(3)15-14-16-35-26-58-47-42(53)31(6)21-38(48(54)62-37)51(35,47)55)63-40-23-39(56-11)45(32(7)59-40)64-41-25-49(10,57-12)46(33(8)60-41)61-34(9)52/h14-17,19-21,27-28,30,32-33,36-47,53,55H,13,18,22-26H2,1-12H3/b15-14+,29-17+,35-16+/t27-,28-,30-,32-,33-,36+,37-,38-,39-,40-,41+,42+,43-,44+,45-,46-,47+,49+,50+,51+/m0/s1. The number of aliphatic hydroxyl groups is 2. The molecule has 0 radical (unpaired) electrons. The Morgan fingerprint density at radius 3 is 2.39 bits per heavy atom. The van der Waals surface area contributed by atoms with Gasteiger partial charge in [-0.2, -0.15) is 0 Å². The Kier molecular flexibility index (Phi) is 16.0. The number of ether oxygens (including phenoxy) is 11. The summed E-state index contributed by atoms with van der Waals surface area (Å²) in [5.74, 6) is -3.04. The molecular weight excluding hydrogens is 853 g/mol. The van der Waals surface area contributed by atoms with Crippen LogP contribution in [-0.2, 0) is 61.7 Å². The molecule has 0 aromatic carbocycles. The molecule has 370 valence electrons. The molecule has 7 rings (SSSR count). The lowest BCUT2D eigenvalue weighted by Gasteiger charge is -2.48. The second kappa shape index (κ2) is 20.7. The van der Waals surface area contributed by atoms with Gasteiger partial charge in [0.25, 0.3) is 0 Å². The minimum absolute atomic E-state index is 0.0225. The van der Waals surface area contributed by atoms with E-state index >= 15 is 0 Å². The van der Waals surface area contributed by atoms with Crippen molar-refractivity contribution in [3.8, 4) is 0 Å². The number of rotatable bonds is 9. The zero-order valence-electron chi connectivity index (χ0n) is 41.0. The lowest BCUT2D eigenvalue weighted by Crippen LogP contribution is -2.60. The molecule has 6 aliphatic heterocycles. The number of carbonyl (C=O) groups is 2. The fourth-order valence-electron chi connectivity index (χ4n) is 11.2. The number of methoxy groups -OCH3 is 2. The molecule has 2 bridgehead atoms. The molecule has 0 amide bonds. The van der Waals surface area contributed by atoms with Crippen LogP contribution in [0.15, 0.2) is 59.3 Å². The molecule has 2 N–H and O–H groups in total. The van der Waals surface area contributed by atoms with Gasteiger partial charge in [-0.15, -0.1) is 0 Å². The van der Waals surface area contributed by atoms with E-state index in [4.69, 9.17) is 52.1 Å². The molecule has 15 heteroatoms. The number of carbonyl (C=O) groups excluding carboxylic acids is 2. The first-order chi connectivity index (χ1) is 31.2. The van der Waals surface area contributed by atoms with E-state index in [9.17, 15) is 19.8 Å². The van der Waals surface area contributed by atoms with Crippen LogP contribution in [0.5, 0.6) is 0 Å². The maximum atomic E-state index is 14.4. The van der Waals surface area contributed by atoms with E-state index in [1.165, 1.54) is 6.92 Å². The number of fused-ring (bicyclic) bond motifs is 2. The third kappa shape index (κ3) is 10.4. The van der Waals surface area contributed by atoms with Crippen molar-refractivity contribution in [2.75, 3.05) is 20.8 Å². The summed E-state index contributed by atoms with van der Waals surface area (Å²) in [5, 5.41) is 23.8. The average molecular weight is 929 g/mol. The van der Waals surface area contributed by atoms with Gasteiger partial charge in [-0.1, -0.05) is 70.6 Å². The SMILES string of the molecule is CC[C@H](C)[C@H]1O[C@]2(C=C[C@@H]1C)C[C@@H]1C[C@@H](C/C=C(\C)[C@@H](O[C@H]3C[C@H](OC)[C@@H](O[C@@H]4C[C@@](C)(OC)[C@@H](OC(C)=O)[C@H](C)O4)[C@H](C)O3)[C@@H](C)/C=C/C=C3\CO[C@@H]4[C@H](O)C(C)=C[C@@H](C(=O)O1)[C@]34O)O2. The first-order valence-electron chi connectivity index (χ1n) is 24.1. The second-order valence-electron chi connectivity index (χ2n) is 20.2. The summed E-state index contributed by atoms with van der Waals surface area (Å²) >= 11 is 0. The summed E-state index contributed by atoms with van der Waals surface area (Å²) in [4.78, 5) is 26.3. The molecule has 15 nitrogen and oxygen atoms in total. The van der Waals surface area contributed by atoms with E-state index in [0.717, 1.165) is 12.0 Å². The molecule has 66 heavy (non-hydrogen) atoms. The minimum atomic E-state index is -1.85. The molecule has 0 aromatic rings. The predicted octanol–water partition coefficient (Wildman–Crippen LogP) is 6.34. The Morgan fingerprint density at radius 2 is 1.70 bits per heavy atom. The van der Waals surface area contributed by atoms with Crippen LogP contribution < -0.4 is 0 Å². The monoisotopic (exact) mass is 929 g/mol. The van der Waals surface area contributed by atoms with Crippen molar-refractivity contribution in [1.29, 1.82) is 0 Å². The molecule has 1 aliphatic carbocycles. The Hall–Kier alpha value is -2.80. The number of esters is 2. The van der Waals surface area contributed by atoms with Crippen LogP contribution in [0.25, 0.3) is 0 Å². The van der Waals surface area contributed by atoms with Crippen molar-refractivity contribution in [3.63, 3.8) is 0 Å². The zero-order chi connectivity index (χ0) is 47.9. The summed E-state index contributed by atoms with van der Waals surface area (Å²) in [6.45, 7) is 19.3. The Bertz CT molecular complexity index is 1890. The Morgan fingerprint density at radius 1 is 0.955 bits per heavy atom. The third-order valence-corrected chi connectivity index (χ3v) is 15.3. The van der Waals surface area contributed by atoms with Crippen LogP contribution in [-0.4, -0.2) is 140 Å². The van der Waals surface area contributed by atoms with Crippen LogP contribution in [0.2, 0.25) is 0 Å². The summed E-state index contributed by atoms with van der Waals surface area (Å²) in [6, 6.07) is 0. The van der Waals surface area contributed by atoms with Gasteiger partial charge in [0.05, 0.1) is 43.2 Å². The quantitative estimate of drug-likeness (QED) is 0.194. The highest BCUT2D eigenvalue weighted by molar-refractivity contribution is 5.78. The van der Waals surface area contributed by atoms with Crippen molar-refractivity contribution in [3.05, 3.63) is 59.3 Å². The topological polar surface area (TPSA) is 176 Å². The van der Waals surface area contributed by atoms with E-state index in [1.807, 2.05) is 45.9 Å². The molecule has 0 saturated carbocycles. The van der Waals surface area contributed by atoms with Gasteiger partial charge in [-0.3, -0.25) is 9.59 Å². The molecule has 7 aliphatic rings. The van der Waals surface area contributed by atoms with E-state index in [0.29, 0.717) is 36.8 Å².